The van der Waals surface area contributed by atoms with E-state index in [2.05, 4.69) is 0 Å². The molecule has 0 N–H and O–H groups in total. The van der Waals surface area contributed by atoms with Crippen molar-refractivity contribution in [1.82, 2.24) is 9.80 Å². The monoisotopic (exact) mass is 300 g/mol. The van der Waals surface area contributed by atoms with Crippen molar-refractivity contribution < 1.29 is 9.59 Å². The highest BCUT2D eigenvalue weighted by molar-refractivity contribution is 5.85. The van der Waals surface area contributed by atoms with Crippen LogP contribution in [0.5, 0.6) is 0 Å². The van der Waals surface area contributed by atoms with Crippen LogP contribution in [-0.4, -0.2) is 48.3 Å². The molecule has 4 heteroatoms. The van der Waals surface area contributed by atoms with Crippen molar-refractivity contribution in [3.63, 3.8) is 0 Å². The van der Waals surface area contributed by atoms with Gasteiger partial charge in [0.15, 0.2) is 0 Å². The minimum atomic E-state index is -0.198. The molecule has 2 aliphatic rings. The Morgan fingerprint density at radius 3 is 2.50 bits per heavy atom. The number of benzene rings is 1. The van der Waals surface area contributed by atoms with Crippen molar-refractivity contribution >= 4 is 11.8 Å². The van der Waals surface area contributed by atoms with Gasteiger partial charge in [-0.05, 0) is 31.2 Å². The zero-order chi connectivity index (χ0) is 15.6. The van der Waals surface area contributed by atoms with Crippen LogP contribution < -0.4 is 0 Å². The first-order valence-corrected chi connectivity index (χ1v) is 8.18. The Kier molecular flexibility index (Phi) is 4.19. The van der Waals surface area contributed by atoms with Crippen molar-refractivity contribution in [2.24, 2.45) is 5.41 Å². The molecule has 1 aromatic rings. The van der Waals surface area contributed by atoms with Crippen molar-refractivity contribution in [1.29, 1.82) is 0 Å². The smallest absolute Gasteiger partial charge is 0.228 e. The number of nitrogens with zero attached hydrogens (tertiary/aromatic N) is 2. The van der Waals surface area contributed by atoms with Gasteiger partial charge in [0.1, 0.15) is 0 Å². The fraction of sp³-hybridized carbons (Fsp3) is 0.556. The molecule has 0 bridgehead atoms. The molecule has 2 fully saturated rings. The quantitative estimate of drug-likeness (QED) is 0.839. The Morgan fingerprint density at radius 2 is 1.82 bits per heavy atom. The fourth-order valence-electron chi connectivity index (χ4n) is 3.78. The molecule has 4 nitrogen and oxygen atoms in total. The molecule has 1 aromatic carbocycles. The topological polar surface area (TPSA) is 40.6 Å². The van der Waals surface area contributed by atoms with Crippen molar-refractivity contribution in [3.8, 4) is 0 Å². The second-order valence-corrected chi connectivity index (χ2v) is 6.65. The molecular weight excluding hydrogens is 276 g/mol. The third kappa shape index (κ3) is 2.87. The minimum Gasteiger partial charge on any atom is -0.345 e. The molecule has 2 heterocycles. The first-order chi connectivity index (χ1) is 10.6. The zero-order valence-corrected chi connectivity index (χ0v) is 13.3. The van der Waals surface area contributed by atoms with Crippen LogP contribution in [0.2, 0.25) is 0 Å². The first-order valence-electron chi connectivity index (χ1n) is 8.18. The normalized spacial score (nSPS) is 25.6. The summed E-state index contributed by atoms with van der Waals surface area (Å²) in [5.41, 5.74) is 0.861. The van der Waals surface area contributed by atoms with Gasteiger partial charge in [-0.1, -0.05) is 30.3 Å². The Bertz CT molecular complexity index is 557. The van der Waals surface area contributed by atoms with Gasteiger partial charge in [-0.3, -0.25) is 9.59 Å². The standard InChI is InChI=1S/C18H24N2O2/c1-19-12-9-18(17(19)22)8-5-11-20(13-10-18)16(21)14-15-6-3-2-4-7-15/h2-4,6-7H,5,8-14H2,1H3/t18-/m0/s1. The number of carbonyl (C=O) groups is 2. The van der Waals surface area contributed by atoms with E-state index in [0.29, 0.717) is 13.0 Å². The molecule has 0 radical (unpaired) electrons. The second-order valence-electron chi connectivity index (χ2n) is 6.65. The summed E-state index contributed by atoms with van der Waals surface area (Å²) in [4.78, 5) is 28.7. The van der Waals surface area contributed by atoms with E-state index in [1.165, 1.54) is 0 Å². The zero-order valence-electron chi connectivity index (χ0n) is 13.3. The predicted molar refractivity (Wildman–Crippen MR) is 85.3 cm³/mol. The molecular formula is C18H24N2O2. The highest BCUT2D eigenvalue weighted by atomic mass is 16.2. The Balaban J connectivity index is 1.63. The van der Waals surface area contributed by atoms with E-state index in [0.717, 1.165) is 44.3 Å². The lowest BCUT2D eigenvalue weighted by Crippen LogP contribution is -2.36. The molecule has 2 amide bonds. The van der Waals surface area contributed by atoms with Gasteiger partial charge in [-0.25, -0.2) is 0 Å². The summed E-state index contributed by atoms with van der Waals surface area (Å²) in [6, 6.07) is 9.88. The molecule has 2 aliphatic heterocycles. The lowest BCUT2D eigenvalue weighted by atomic mass is 9.79. The summed E-state index contributed by atoms with van der Waals surface area (Å²) in [6.45, 7) is 2.35. The highest BCUT2D eigenvalue weighted by Crippen LogP contribution is 2.40. The number of hydrogen-bond acceptors (Lipinski definition) is 2. The third-order valence-electron chi connectivity index (χ3n) is 5.22. The molecule has 0 aromatic heterocycles. The van der Waals surface area contributed by atoms with Crippen molar-refractivity contribution in [3.05, 3.63) is 35.9 Å². The van der Waals surface area contributed by atoms with E-state index in [-0.39, 0.29) is 17.2 Å². The van der Waals surface area contributed by atoms with Crippen molar-refractivity contribution in [2.45, 2.75) is 32.1 Å². The molecule has 22 heavy (non-hydrogen) atoms. The van der Waals surface area contributed by atoms with Crippen LogP contribution in [0.25, 0.3) is 0 Å². The number of amides is 2. The van der Waals surface area contributed by atoms with E-state index in [9.17, 15) is 9.59 Å². The van der Waals surface area contributed by atoms with Gasteiger partial charge in [0, 0.05) is 26.7 Å². The van der Waals surface area contributed by atoms with Crippen molar-refractivity contribution in [2.75, 3.05) is 26.7 Å². The summed E-state index contributed by atoms with van der Waals surface area (Å²) >= 11 is 0. The Labute approximate surface area is 132 Å². The van der Waals surface area contributed by atoms with E-state index in [4.69, 9.17) is 0 Å². The molecule has 118 valence electrons. The maximum absolute atomic E-state index is 12.5. The lowest BCUT2D eigenvalue weighted by Gasteiger charge is -2.25. The van der Waals surface area contributed by atoms with Gasteiger partial charge in [-0.2, -0.15) is 0 Å². The molecule has 0 unspecified atom stereocenters. The van der Waals surface area contributed by atoms with Crippen LogP contribution in [0.4, 0.5) is 0 Å². The van der Waals surface area contributed by atoms with Crippen LogP contribution in [-0.2, 0) is 16.0 Å². The number of hydrogen-bond donors (Lipinski definition) is 0. The van der Waals surface area contributed by atoms with Gasteiger partial charge < -0.3 is 9.80 Å². The van der Waals surface area contributed by atoms with Crippen LogP contribution >= 0.6 is 0 Å². The average molecular weight is 300 g/mol. The second kappa shape index (κ2) is 6.11. The largest absolute Gasteiger partial charge is 0.345 e. The van der Waals surface area contributed by atoms with Gasteiger partial charge in [0.2, 0.25) is 11.8 Å². The number of rotatable bonds is 2. The van der Waals surface area contributed by atoms with Crippen LogP contribution in [0, 0.1) is 5.41 Å². The van der Waals surface area contributed by atoms with Gasteiger partial charge in [0.05, 0.1) is 11.8 Å². The predicted octanol–water partition coefficient (Wildman–Crippen LogP) is 2.09. The Hall–Kier alpha value is -1.84. The molecule has 0 aliphatic carbocycles. The van der Waals surface area contributed by atoms with E-state index < -0.39 is 0 Å². The van der Waals surface area contributed by atoms with Crippen LogP contribution in [0.1, 0.15) is 31.2 Å². The number of likely N-dealkylation sites (tertiary alicyclic amines) is 2. The fourth-order valence-corrected chi connectivity index (χ4v) is 3.78. The van der Waals surface area contributed by atoms with Crippen LogP contribution in [0.3, 0.4) is 0 Å². The number of carbonyl (C=O) groups excluding carboxylic acids is 2. The summed E-state index contributed by atoms with van der Waals surface area (Å²) < 4.78 is 0. The van der Waals surface area contributed by atoms with E-state index in [1.807, 2.05) is 47.2 Å². The van der Waals surface area contributed by atoms with Gasteiger partial charge in [-0.15, -0.1) is 0 Å². The van der Waals surface area contributed by atoms with Gasteiger partial charge >= 0.3 is 0 Å². The summed E-state index contributed by atoms with van der Waals surface area (Å²) in [5.74, 6) is 0.465. The maximum atomic E-state index is 12.5. The van der Waals surface area contributed by atoms with Gasteiger partial charge in [0.25, 0.3) is 0 Å². The van der Waals surface area contributed by atoms with Crippen LogP contribution in [0.15, 0.2) is 30.3 Å². The lowest BCUT2D eigenvalue weighted by molar-refractivity contribution is -0.136. The summed E-state index contributed by atoms with van der Waals surface area (Å²) in [6.07, 6.45) is 4.08. The SMILES string of the molecule is CN1CC[C@]2(CCCN(C(=O)Cc3ccccc3)CC2)C1=O. The maximum Gasteiger partial charge on any atom is 0.228 e. The third-order valence-corrected chi connectivity index (χ3v) is 5.22. The molecule has 1 atom stereocenters. The molecule has 0 saturated carbocycles. The minimum absolute atomic E-state index is 0.182. The van der Waals surface area contributed by atoms with E-state index in [1.54, 1.807) is 0 Å². The Morgan fingerprint density at radius 1 is 1.09 bits per heavy atom. The average Bonchev–Trinajstić information content (AvgIpc) is 2.71. The molecule has 3 rings (SSSR count). The van der Waals surface area contributed by atoms with E-state index >= 15 is 0 Å². The first kappa shape index (κ1) is 15.1. The highest BCUT2D eigenvalue weighted by Gasteiger charge is 2.45. The molecule has 1 spiro atoms. The molecule has 2 saturated heterocycles. The summed E-state index contributed by atoms with van der Waals surface area (Å²) in [5, 5.41) is 0. The summed E-state index contributed by atoms with van der Waals surface area (Å²) in [7, 11) is 1.89.